The number of rotatable bonds is 6. The van der Waals surface area contributed by atoms with E-state index >= 15 is 0 Å². The lowest BCUT2D eigenvalue weighted by molar-refractivity contribution is -0.0326. The van der Waals surface area contributed by atoms with Crippen LogP contribution in [-0.2, 0) is 11.2 Å². The van der Waals surface area contributed by atoms with Crippen molar-refractivity contribution < 1.29 is 9.47 Å². The predicted molar refractivity (Wildman–Crippen MR) is 87.1 cm³/mol. The van der Waals surface area contributed by atoms with Gasteiger partial charge in [-0.3, -0.25) is 0 Å². The van der Waals surface area contributed by atoms with Gasteiger partial charge < -0.3 is 15.2 Å². The van der Waals surface area contributed by atoms with Crippen molar-refractivity contribution in [2.45, 2.75) is 64.2 Å². The fourth-order valence-corrected chi connectivity index (χ4v) is 2.87. The first-order valence-electron chi connectivity index (χ1n) is 7.74. The quantitative estimate of drug-likeness (QED) is 0.865. The molecule has 2 unspecified atom stereocenters. The van der Waals surface area contributed by atoms with Gasteiger partial charge in [0.25, 0.3) is 0 Å². The lowest BCUT2D eigenvalue weighted by Gasteiger charge is -2.19. The van der Waals surface area contributed by atoms with Gasteiger partial charge in [0.05, 0.1) is 16.7 Å². The molecule has 2 atom stereocenters. The number of ether oxygens (including phenoxy) is 2. The molecule has 0 aliphatic carbocycles. The van der Waals surface area contributed by atoms with Crippen molar-refractivity contribution in [3.63, 3.8) is 0 Å². The summed E-state index contributed by atoms with van der Waals surface area (Å²) in [6.45, 7) is 6.88. The van der Waals surface area contributed by atoms with Gasteiger partial charge in [0, 0.05) is 6.04 Å². The zero-order chi connectivity index (χ0) is 15.5. The van der Waals surface area contributed by atoms with E-state index in [9.17, 15) is 0 Å². The molecule has 1 aromatic rings. The Morgan fingerprint density at radius 2 is 2.24 bits per heavy atom. The Kier molecular flexibility index (Phi) is 5.53. The van der Waals surface area contributed by atoms with E-state index in [0.717, 1.165) is 37.0 Å². The first kappa shape index (κ1) is 16.6. The van der Waals surface area contributed by atoms with E-state index < -0.39 is 0 Å². The van der Waals surface area contributed by atoms with E-state index in [-0.39, 0.29) is 17.7 Å². The average Bonchev–Trinajstić information content (AvgIpc) is 2.77. The number of benzene rings is 1. The zero-order valence-corrected chi connectivity index (χ0v) is 14.0. The lowest BCUT2D eigenvalue weighted by atomic mass is 10.0. The fourth-order valence-electron chi connectivity index (χ4n) is 2.61. The van der Waals surface area contributed by atoms with Crippen LogP contribution >= 0.6 is 11.6 Å². The molecule has 0 radical (unpaired) electrons. The van der Waals surface area contributed by atoms with Gasteiger partial charge in [-0.05, 0) is 57.2 Å². The van der Waals surface area contributed by atoms with Crippen molar-refractivity contribution in [1.82, 2.24) is 0 Å². The summed E-state index contributed by atoms with van der Waals surface area (Å²) in [4.78, 5) is 0. The Labute approximate surface area is 132 Å². The van der Waals surface area contributed by atoms with Crippen LogP contribution in [0.25, 0.3) is 0 Å². The molecule has 1 aliphatic rings. The molecule has 1 fully saturated rings. The van der Waals surface area contributed by atoms with Crippen LogP contribution in [0.5, 0.6) is 5.75 Å². The minimum Gasteiger partial charge on any atom is -0.489 e. The van der Waals surface area contributed by atoms with Crippen molar-refractivity contribution in [3.8, 4) is 5.75 Å². The monoisotopic (exact) mass is 311 g/mol. The molecule has 0 saturated carbocycles. The highest BCUT2D eigenvalue weighted by Gasteiger charge is 2.31. The second-order valence-electron chi connectivity index (χ2n) is 6.49. The Morgan fingerprint density at radius 1 is 1.48 bits per heavy atom. The third kappa shape index (κ3) is 4.87. The van der Waals surface area contributed by atoms with Gasteiger partial charge in [-0.25, -0.2) is 0 Å². The molecule has 1 saturated heterocycles. The van der Waals surface area contributed by atoms with Crippen LogP contribution in [0.1, 0.15) is 45.6 Å². The van der Waals surface area contributed by atoms with Gasteiger partial charge >= 0.3 is 0 Å². The highest BCUT2D eigenvalue weighted by Crippen LogP contribution is 2.31. The van der Waals surface area contributed by atoms with Gasteiger partial charge in [-0.15, -0.1) is 0 Å². The van der Waals surface area contributed by atoms with Crippen molar-refractivity contribution in [2.75, 3.05) is 6.61 Å². The summed E-state index contributed by atoms with van der Waals surface area (Å²) in [6.07, 6.45) is 4.07. The van der Waals surface area contributed by atoms with Crippen LogP contribution in [0.4, 0.5) is 0 Å². The smallest absolute Gasteiger partial charge is 0.138 e. The van der Waals surface area contributed by atoms with Crippen LogP contribution in [0.2, 0.25) is 5.02 Å². The van der Waals surface area contributed by atoms with E-state index in [0.29, 0.717) is 11.6 Å². The summed E-state index contributed by atoms with van der Waals surface area (Å²) in [6, 6.07) is 6.10. The summed E-state index contributed by atoms with van der Waals surface area (Å²) in [5.41, 5.74) is 7.09. The third-order valence-corrected chi connectivity index (χ3v) is 4.29. The third-order valence-electron chi connectivity index (χ3n) is 4.00. The molecule has 1 aromatic carbocycles. The van der Waals surface area contributed by atoms with Gasteiger partial charge in [0.1, 0.15) is 12.4 Å². The topological polar surface area (TPSA) is 44.5 Å². The molecule has 1 aliphatic heterocycles. The molecule has 2 rings (SSSR count). The maximum Gasteiger partial charge on any atom is 0.138 e. The zero-order valence-electron chi connectivity index (χ0n) is 13.2. The predicted octanol–water partition coefficient (Wildman–Crippen LogP) is 3.96. The van der Waals surface area contributed by atoms with Crippen LogP contribution in [0, 0.1) is 0 Å². The molecule has 118 valence electrons. The van der Waals surface area contributed by atoms with Gasteiger partial charge in [-0.1, -0.05) is 24.6 Å². The SMILES string of the molecule is CCC(N)Cc1ccc(OCC2CCC(C)(C)O2)c(Cl)c1. The molecule has 1 heterocycles. The van der Waals surface area contributed by atoms with Crippen molar-refractivity contribution in [3.05, 3.63) is 28.8 Å². The maximum atomic E-state index is 6.29. The molecular formula is C17H26ClNO2. The number of hydrogen-bond acceptors (Lipinski definition) is 3. The summed E-state index contributed by atoms with van der Waals surface area (Å²) in [5.74, 6) is 0.721. The number of hydrogen-bond donors (Lipinski definition) is 1. The summed E-state index contributed by atoms with van der Waals surface area (Å²) in [5, 5.41) is 0.646. The molecule has 3 nitrogen and oxygen atoms in total. The minimum atomic E-state index is -0.0298. The first-order chi connectivity index (χ1) is 9.89. The maximum absolute atomic E-state index is 6.29. The van der Waals surface area contributed by atoms with E-state index in [4.69, 9.17) is 26.8 Å². The standard InChI is InChI=1S/C17H26ClNO2/c1-4-13(19)9-12-5-6-16(15(18)10-12)20-11-14-7-8-17(2,3)21-14/h5-6,10,13-14H,4,7-9,11,19H2,1-3H3. The van der Waals surface area contributed by atoms with Crippen molar-refractivity contribution >= 4 is 11.6 Å². The number of halogens is 1. The fraction of sp³-hybridized carbons (Fsp3) is 0.647. The molecule has 2 N–H and O–H groups in total. The van der Waals surface area contributed by atoms with Gasteiger partial charge in [-0.2, -0.15) is 0 Å². The van der Waals surface area contributed by atoms with Crippen LogP contribution in [-0.4, -0.2) is 24.4 Å². The normalized spacial score (nSPS) is 22.2. The summed E-state index contributed by atoms with van der Waals surface area (Å²) in [7, 11) is 0. The molecule has 0 spiro atoms. The molecule has 21 heavy (non-hydrogen) atoms. The van der Waals surface area contributed by atoms with Crippen molar-refractivity contribution in [2.24, 2.45) is 5.73 Å². The average molecular weight is 312 g/mol. The van der Waals surface area contributed by atoms with E-state index in [1.165, 1.54) is 0 Å². The van der Waals surface area contributed by atoms with Crippen molar-refractivity contribution in [1.29, 1.82) is 0 Å². The largest absolute Gasteiger partial charge is 0.489 e. The summed E-state index contributed by atoms with van der Waals surface area (Å²) < 4.78 is 11.7. The molecule has 0 amide bonds. The second kappa shape index (κ2) is 6.99. The first-order valence-corrected chi connectivity index (χ1v) is 8.12. The van der Waals surface area contributed by atoms with Gasteiger partial charge in [0.15, 0.2) is 0 Å². The Hall–Kier alpha value is -0.770. The minimum absolute atomic E-state index is 0.0298. The van der Waals surface area contributed by atoms with E-state index in [1.807, 2.05) is 18.2 Å². The highest BCUT2D eigenvalue weighted by molar-refractivity contribution is 6.32. The van der Waals surface area contributed by atoms with Crippen LogP contribution < -0.4 is 10.5 Å². The highest BCUT2D eigenvalue weighted by atomic mass is 35.5. The van der Waals surface area contributed by atoms with Gasteiger partial charge in [0.2, 0.25) is 0 Å². The second-order valence-corrected chi connectivity index (χ2v) is 6.89. The molecular weight excluding hydrogens is 286 g/mol. The number of nitrogens with two attached hydrogens (primary N) is 1. The molecule has 0 bridgehead atoms. The lowest BCUT2D eigenvalue weighted by Crippen LogP contribution is -2.24. The van der Waals surface area contributed by atoms with Crippen LogP contribution in [0.3, 0.4) is 0 Å². The Bertz CT molecular complexity index is 476. The van der Waals surface area contributed by atoms with E-state index in [2.05, 4.69) is 20.8 Å². The molecule has 4 heteroatoms. The van der Waals surface area contributed by atoms with E-state index in [1.54, 1.807) is 0 Å². The summed E-state index contributed by atoms with van der Waals surface area (Å²) >= 11 is 6.29. The Balaban J connectivity index is 1.89. The van der Waals surface area contributed by atoms with Crippen LogP contribution in [0.15, 0.2) is 18.2 Å². The Morgan fingerprint density at radius 3 is 2.81 bits per heavy atom. The molecule has 0 aromatic heterocycles.